The number of fused-ring (bicyclic) bond motifs is 1. The Labute approximate surface area is 172 Å². The Morgan fingerprint density at radius 2 is 1.56 bits per heavy atom. The molecule has 158 valence electrons. The second kappa shape index (κ2) is 9.49. The molecule has 0 saturated heterocycles. The predicted molar refractivity (Wildman–Crippen MR) is 122 cm³/mol. The van der Waals surface area contributed by atoms with Gasteiger partial charge in [-0.2, -0.15) is 0 Å². The lowest BCUT2D eigenvalue weighted by Crippen LogP contribution is -2.46. The molecular formula is C27H50. The van der Waals surface area contributed by atoms with Crippen molar-refractivity contribution in [2.24, 2.45) is 28.1 Å². The smallest absolute Gasteiger partial charge is 0.00510 e. The van der Waals surface area contributed by atoms with E-state index in [2.05, 4.69) is 48.1 Å². The van der Waals surface area contributed by atoms with E-state index in [-0.39, 0.29) is 0 Å². The first-order valence-corrected chi connectivity index (χ1v) is 12.5. The van der Waals surface area contributed by atoms with Gasteiger partial charge >= 0.3 is 0 Å². The third-order valence-corrected chi connectivity index (χ3v) is 9.11. The topological polar surface area (TPSA) is 0 Å². The average molecular weight is 375 g/mol. The third kappa shape index (κ3) is 4.06. The molecule has 0 aromatic rings. The van der Waals surface area contributed by atoms with Crippen LogP contribution in [-0.2, 0) is 0 Å². The molecule has 2 saturated carbocycles. The minimum Gasteiger partial charge on any atom is -0.0995 e. The standard InChI is InChI=1S/C27H50/c1-8-10-11-12-13-14-16-20-26-21-25(7,19-17-15-18-23(5)9-2)27(26,22(3)4)24(26)6/h23-24H,3,8-21H2,1-2,4-7H3. The Morgan fingerprint density at radius 3 is 2.15 bits per heavy atom. The Bertz CT molecular complexity index is 476. The molecule has 5 unspecified atom stereocenters. The highest BCUT2D eigenvalue weighted by molar-refractivity contribution is 5.43. The first kappa shape index (κ1) is 23.0. The van der Waals surface area contributed by atoms with E-state index >= 15 is 0 Å². The van der Waals surface area contributed by atoms with Gasteiger partial charge in [-0.1, -0.05) is 117 Å². The van der Waals surface area contributed by atoms with Gasteiger partial charge in [0.1, 0.15) is 0 Å². The lowest BCUT2D eigenvalue weighted by atomic mass is 9.50. The zero-order chi connectivity index (χ0) is 20.1. The van der Waals surface area contributed by atoms with Crippen LogP contribution >= 0.6 is 0 Å². The lowest BCUT2D eigenvalue weighted by molar-refractivity contribution is -0.0175. The molecule has 0 heterocycles. The van der Waals surface area contributed by atoms with E-state index in [9.17, 15) is 0 Å². The van der Waals surface area contributed by atoms with Crippen LogP contribution in [-0.4, -0.2) is 0 Å². The number of unbranched alkanes of at least 4 members (excludes halogenated alkanes) is 7. The minimum atomic E-state index is 0.485. The highest BCUT2D eigenvalue weighted by Crippen LogP contribution is 2.93. The highest BCUT2D eigenvalue weighted by atomic mass is 14.9. The van der Waals surface area contributed by atoms with Crippen molar-refractivity contribution < 1.29 is 0 Å². The Morgan fingerprint density at radius 1 is 0.963 bits per heavy atom. The summed E-state index contributed by atoms with van der Waals surface area (Å²) < 4.78 is 0. The first-order chi connectivity index (χ1) is 12.8. The van der Waals surface area contributed by atoms with Crippen LogP contribution in [0.15, 0.2) is 12.2 Å². The van der Waals surface area contributed by atoms with Gasteiger partial charge in [-0.05, 0) is 48.9 Å². The SMILES string of the molecule is C=C(C)C12C(C)C1(CCCCCCCCC)CC2(C)CCCCC(C)CC. The molecule has 0 bridgehead atoms. The minimum absolute atomic E-state index is 0.485. The van der Waals surface area contributed by atoms with Gasteiger partial charge in [-0.3, -0.25) is 0 Å². The van der Waals surface area contributed by atoms with Gasteiger partial charge in [0.2, 0.25) is 0 Å². The highest BCUT2D eigenvalue weighted by Gasteiger charge is 2.87. The summed E-state index contributed by atoms with van der Waals surface area (Å²) in [6, 6.07) is 0. The predicted octanol–water partition coefficient (Wildman–Crippen LogP) is 9.34. The zero-order valence-electron chi connectivity index (χ0n) is 19.8. The van der Waals surface area contributed by atoms with Crippen molar-refractivity contribution in [3.8, 4) is 0 Å². The molecule has 0 aliphatic heterocycles. The Kier molecular flexibility index (Phi) is 8.09. The van der Waals surface area contributed by atoms with Crippen molar-refractivity contribution in [1.29, 1.82) is 0 Å². The zero-order valence-corrected chi connectivity index (χ0v) is 19.8. The second-order valence-corrected chi connectivity index (χ2v) is 10.8. The van der Waals surface area contributed by atoms with E-state index in [4.69, 9.17) is 0 Å². The lowest BCUT2D eigenvalue weighted by Gasteiger charge is -2.54. The van der Waals surface area contributed by atoms with E-state index in [1.54, 1.807) is 0 Å². The van der Waals surface area contributed by atoms with Gasteiger partial charge in [0, 0.05) is 5.41 Å². The Hall–Kier alpha value is -0.260. The molecule has 0 nitrogen and oxygen atoms in total. The summed E-state index contributed by atoms with van der Waals surface area (Å²) >= 11 is 0. The van der Waals surface area contributed by atoms with Crippen molar-refractivity contribution in [1.82, 2.24) is 0 Å². The summed E-state index contributed by atoms with van der Waals surface area (Å²) in [6.45, 7) is 19.1. The summed E-state index contributed by atoms with van der Waals surface area (Å²) in [7, 11) is 0. The molecule has 2 aliphatic carbocycles. The molecular weight excluding hydrogens is 324 g/mol. The molecule has 0 radical (unpaired) electrons. The molecule has 0 amide bonds. The average Bonchev–Trinajstić information content (AvgIpc) is 3.09. The van der Waals surface area contributed by atoms with Crippen LogP contribution in [0.5, 0.6) is 0 Å². The van der Waals surface area contributed by atoms with Gasteiger partial charge in [-0.25, -0.2) is 0 Å². The maximum absolute atomic E-state index is 4.53. The number of allylic oxidation sites excluding steroid dienone is 1. The van der Waals surface area contributed by atoms with Gasteiger partial charge in [0.05, 0.1) is 0 Å². The molecule has 2 aliphatic rings. The van der Waals surface area contributed by atoms with Crippen LogP contribution < -0.4 is 0 Å². The quantitative estimate of drug-likeness (QED) is 0.198. The molecule has 0 N–H and O–H groups in total. The van der Waals surface area contributed by atoms with E-state index in [1.807, 2.05) is 0 Å². The van der Waals surface area contributed by atoms with Crippen molar-refractivity contribution in [2.45, 2.75) is 131 Å². The molecule has 27 heavy (non-hydrogen) atoms. The molecule has 2 fully saturated rings. The van der Waals surface area contributed by atoms with Crippen molar-refractivity contribution in [3.63, 3.8) is 0 Å². The van der Waals surface area contributed by atoms with E-state index in [0.29, 0.717) is 16.2 Å². The van der Waals surface area contributed by atoms with E-state index in [0.717, 1.165) is 11.8 Å². The molecule has 5 atom stereocenters. The van der Waals surface area contributed by atoms with Crippen LogP contribution in [0.1, 0.15) is 131 Å². The van der Waals surface area contributed by atoms with E-state index < -0.39 is 0 Å². The third-order valence-electron chi connectivity index (χ3n) is 9.11. The molecule has 0 aromatic carbocycles. The summed E-state index contributed by atoms with van der Waals surface area (Å²) in [5, 5.41) is 0. The fraction of sp³-hybridized carbons (Fsp3) is 0.926. The fourth-order valence-electron chi connectivity index (χ4n) is 7.66. The van der Waals surface area contributed by atoms with Crippen LogP contribution in [0.25, 0.3) is 0 Å². The maximum atomic E-state index is 4.53. The van der Waals surface area contributed by atoms with E-state index in [1.165, 1.54) is 95.5 Å². The maximum Gasteiger partial charge on any atom is 0.00510 e. The monoisotopic (exact) mass is 374 g/mol. The molecule has 0 spiro atoms. The van der Waals surface area contributed by atoms with Crippen molar-refractivity contribution >= 4 is 0 Å². The molecule has 0 heteroatoms. The van der Waals surface area contributed by atoms with Gasteiger partial charge < -0.3 is 0 Å². The second-order valence-electron chi connectivity index (χ2n) is 10.8. The van der Waals surface area contributed by atoms with Crippen LogP contribution in [0.2, 0.25) is 0 Å². The fourth-order valence-corrected chi connectivity index (χ4v) is 7.66. The summed E-state index contributed by atoms with van der Waals surface area (Å²) in [5.41, 5.74) is 3.16. The molecule has 0 aromatic heterocycles. The normalized spacial score (nSPS) is 35.4. The van der Waals surface area contributed by atoms with Gasteiger partial charge in [-0.15, -0.1) is 0 Å². The largest absolute Gasteiger partial charge is 0.0995 e. The number of hydrogen-bond acceptors (Lipinski definition) is 0. The molecule has 2 rings (SSSR count). The Balaban J connectivity index is 1.81. The van der Waals surface area contributed by atoms with Crippen LogP contribution in [0.4, 0.5) is 0 Å². The summed E-state index contributed by atoms with van der Waals surface area (Å²) in [5.74, 6) is 1.78. The van der Waals surface area contributed by atoms with Gasteiger partial charge in [0.25, 0.3) is 0 Å². The van der Waals surface area contributed by atoms with Crippen LogP contribution in [0, 0.1) is 28.1 Å². The number of hydrogen-bond donors (Lipinski definition) is 0. The summed E-state index contributed by atoms with van der Waals surface area (Å²) in [6.07, 6.45) is 20.0. The van der Waals surface area contributed by atoms with Crippen molar-refractivity contribution in [3.05, 3.63) is 12.2 Å². The summed E-state index contributed by atoms with van der Waals surface area (Å²) in [4.78, 5) is 0. The van der Waals surface area contributed by atoms with Crippen molar-refractivity contribution in [2.75, 3.05) is 0 Å². The first-order valence-electron chi connectivity index (χ1n) is 12.5. The van der Waals surface area contributed by atoms with Gasteiger partial charge in [0.15, 0.2) is 0 Å². The number of rotatable bonds is 15. The van der Waals surface area contributed by atoms with Crippen LogP contribution in [0.3, 0.4) is 0 Å².